The molecule has 1 aliphatic rings. The van der Waals surface area contributed by atoms with Crippen molar-refractivity contribution >= 4 is 12.2 Å². The highest BCUT2D eigenvalue weighted by molar-refractivity contribution is 5.87. The van der Waals surface area contributed by atoms with Crippen molar-refractivity contribution in [1.82, 2.24) is 10.6 Å². The molecule has 1 heterocycles. The highest BCUT2D eigenvalue weighted by atomic mass is 15.2. The number of hydrogen-bond acceptors (Lipinski definition) is 2. The van der Waals surface area contributed by atoms with Gasteiger partial charge in [0, 0.05) is 25.8 Å². The SMILES string of the molecule is C/C=N\C(=N/C)N[C@@H]1CCNC1. The summed E-state index contributed by atoms with van der Waals surface area (Å²) in [7, 11) is 1.75. The molecule has 0 aromatic carbocycles. The molecule has 2 N–H and O–H groups in total. The third-order valence-corrected chi connectivity index (χ3v) is 1.86. The van der Waals surface area contributed by atoms with Crippen molar-refractivity contribution in [2.75, 3.05) is 20.1 Å². The van der Waals surface area contributed by atoms with E-state index in [1.807, 2.05) is 6.92 Å². The second-order valence-electron chi connectivity index (χ2n) is 2.77. The Bertz CT molecular complexity index is 179. The Morgan fingerprint density at radius 3 is 3.00 bits per heavy atom. The minimum absolute atomic E-state index is 0.493. The van der Waals surface area contributed by atoms with Gasteiger partial charge in [0.1, 0.15) is 0 Å². The molecule has 1 saturated heterocycles. The quantitative estimate of drug-likeness (QED) is 0.428. The molecule has 0 saturated carbocycles. The largest absolute Gasteiger partial charge is 0.350 e. The van der Waals surface area contributed by atoms with E-state index in [0.29, 0.717) is 6.04 Å². The summed E-state index contributed by atoms with van der Waals surface area (Å²) < 4.78 is 0. The van der Waals surface area contributed by atoms with Gasteiger partial charge in [-0.15, -0.1) is 0 Å². The fraction of sp³-hybridized carbons (Fsp3) is 0.750. The summed E-state index contributed by atoms with van der Waals surface area (Å²) in [6.07, 6.45) is 2.90. The molecule has 0 amide bonds. The number of rotatable bonds is 1. The van der Waals surface area contributed by atoms with Crippen LogP contribution in [0.4, 0.5) is 0 Å². The molecule has 0 aromatic heterocycles. The highest BCUT2D eigenvalue weighted by Gasteiger charge is 2.14. The maximum absolute atomic E-state index is 4.09. The lowest BCUT2D eigenvalue weighted by molar-refractivity contribution is 0.659. The van der Waals surface area contributed by atoms with Gasteiger partial charge in [0.05, 0.1) is 0 Å². The monoisotopic (exact) mass is 168 g/mol. The smallest absolute Gasteiger partial charge is 0.217 e. The molecule has 1 fully saturated rings. The summed E-state index contributed by atoms with van der Waals surface area (Å²) in [6, 6.07) is 0.493. The zero-order valence-electron chi connectivity index (χ0n) is 7.67. The molecule has 0 radical (unpaired) electrons. The number of nitrogens with one attached hydrogen (secondary N) is 2. The highest BCUT2D eigenvalue weighted by Crippen LogP contribution is 1.96. The Labute approximate surface area is 73.2 Å². The van der Waals surface area contributed by atoms with Gasteiger partial charge in [-0.05, 0) is 19.9 Å². The molecule has 12 heavy (non-hydrogen) atoms. The van der Waals surface area contributed by atoms with E-state index in [1.165, 1.54) is 0 Å². The van der Waals surface area contributed by atoms with Crippen molar-refractivity contribution in [3.8, 4) is 0 Å². The first kappa shape index (κ1) is 9.19. The maximum atomic E-state index is 4.09. The van der Waals surface area contributed by atoms with Gasteiger partial charge in [0.2, 0.25) is 5.96 Å². The van der Waals surface area contributed by atoms with Crippen molar-refractivity contribution in [2.24, 2.45) is 9.98 Å². The molecule has 0 bridgehead atoms. The number of nitrogens with zero attached hydrogens (tertiary/aromatic N) is 2. The summed E-state index contributed by atoms with van der Waals surface area (Å²) in [6.45, 7) is 3.99. The van der Waals surface area contributed by atoms with Gasteiger partial charge in [-0.3, -0.25) is 4.99 Å². The molecule has 0 spiro atoms. The van der Waals surface area contributed by atoms with E-state index >= 15 is 0 Å². The zero-order chi connectivity index (χ0) is 8.81. The Morgan fingerprint density at radius 1 is 1.67 bits per heavy atom. The Balaban J connectivity index is 2.36. The topological polar surface area (TPSA) is 48.8 Å². The molecule has 1 atom stereocenters. The van der Waals surface area contributed by atoms with E-state index in [2.05, 4.69) is 20.6 Å². The van der Waals surface area contributed by atoms with Gasteiger partial charge in [-0.1, -0.05) is 0 Å². The minimum Gasteiger partial charge on any atom is -0.350 e. The molecule has 1 aliphatic heterocycles. The lowest BCUT2D eigenvalue weighted by Crippen LogP contribution is -2.35. The van der Waals surface area contributed by atoms with Crippen LogP contribution < -0.4 is 10.6 Å². The van der Waals surface area contributed by atoms with Crippen LogP contribution in [0.5, 0.6) is 0 Å². The van der Waals surface area contributed by atoms with Crippen LogP contribution in [-0.4, -0.2) is 38.4 Å². The van der Waals surface area contributed by atoms with Gasteiger partial charge in [-0.2, -0.15) is 0 Å². The average Bonchev–Trinajstić information content (AvgIpc) is 2.56. The summed E-state index contributed by atoms with van der Waals surface area (Å²) in [4.78, 5) is 8.11. The molecular formula is C8H16N4. The van der Waals surface area contributed by atoms with Crippen LogP contribution >= 0.6 is 0 Å². The normalized spacial score (nSPS) is 25.2. The Morgan fingerprint density at radius 2 is 2.50 bits per heavy atom. The zero-order valence-corrected chi connectivity index (χ0v) is 7.67. The lowest BCUT2D eigenvalue weighted by atomic mass is 10.3. The fourth-order valence-electron chi connectivity index (χ4n) is 1.24. The van der Waals surface area contributed by atoms with E-state index in [4.69, 9.17) is 0 Å². The predicted octanol–water partition coefficient (Wildman–Crippen LogP) is 0.0144. The van der Waals surface area contributed by atoms with Crippen LogP contribution in [-0.2, 0) is 0 Å². The van der Waals surface area contributed by atoms with Gasteiger partial charge in [0.25, 0.3) is 0 Å². The number of hydrogen-bond donors (Lipinski definition) is 2. The minimum atomic E-state index is 0.493. The summed E-state index contributed by atoms with van der Waals surface area (Å²) in [5.41, 5.74) is 0. The van der Waals surface area contributed by atoms with Gasteiger partial charge < -0.3 is 10.6 Å². The van der Waals surface area contributed by atoms with Crippen LogP contribution in [0.15, 0.2) is 9.98 Å². The second-order valence-corrected chi connectivity index (χ2v) is 2.77. The van der Waals surface area contributed by atoms with Crippen LogP contribution in [0, 0.1) is 0 Å². The van der Waals surface area contributed by atoms with Crippen molar-refractivity contribution in [3.63, 3.8) is 0 Å². The van der Waals surface area contributed by atoms with Crippen molar-refractivity contribution in [2.45, 2.75) is 19.4 Å². The van der Waals surface area contributed by atoms with E-state index in [1.54, 1.807) is 13.3 Å². The van der Waals surface area contributed by atoms with Crippen LogP contribution in [0.25, 0.3) is 0 Å². The molecule has 4 nitrogen and oxygen atoms in total. The van der Waals surface area contributed by atoms with Crippen LogP contribution in [0.2, 0.25) is 0 Å². The second kappa shape index (κ2) is 4.87. The van der Waals surface area contributed by atoms with E-state index < -0.39 is 0 Å². The molecule has 0 unspecified atom stereocenters. The fourth-order valence-corrected chi connectivity index (χ4v) is 1.24. The summed E-state index contributed by atoms with van der Waals surface area (Å²) in [5, 5.41) is 6.53. The summed E-state index contributed by atoms with van der Waals surface area (Å²) in [5.74, 6) is 0.728. The molecular weight excluding hydrogens is 152 g/mol. The van der Waals surface area contributed by atoms with Gasteiger partial charge in [-0.25, -0.2) is 4.99 Å². The van der Waals surface area contributed by atoms with Gasteiger partial charge >= 0.3 is 0 Å². The molecule has 68 valence electrons. The van der Waals surface area contributed by atoms with E-state index in [0.717, 1.165) is 25.5 Å². The first-order valence-electron chi connectivity index (χ1n) is 4.29. The maximum Gasteiger partial charge on any atom is 0.217 e. The Hall–Kier alpha value is -0.900. The first-order valence-corrected chi connectivity index (χ1v) is 4.29. The third kappa shape index (κ3) is 2.62. The first-order chi connectivity index (χ1) is 5.86. The van der Waals surface area contributed by atoms with Crippen LogP contribution in [0.1, 0.15) is 13.3 Å². The van der Waals surface area contributed by atoms with Crippen molar-refractivity contribution in [3.05, 3.63) is 0 Å². The standard InChI is InChI=1S/C8H16N4/c1-3-11-8(9-2)12-7-4-5-10-6-7/h3,7,10H,4-6H2,1-2H3,(H,9,12)/b11-3-/t7-/m1/s1. The Kier molecular flexibility index (Phi) is 3.73. The summed E-state index contributed by atoms with van der Waals surface area (Å²) >= 11 is 0. The van der Waals surface area contributed by atoms with E-state index in [-0.39, 0.29) is 0 Å². The molecule has 1 rings (SSSR count). The molecule has 4 heteroatoms. The van der Waals surface area contributed by atoms with E-state index in [9.17, 15) is 0 Å². The van der Waals surface area contributed by atoms with Crippen LogP contribution in [0.3, 0.4) is 0 Å². The molecule has 0 aliphatic carbocycles. The molecule has 0 aromatic rings. The van der Waals surface area contributed by atoms with Crippen molar-refractivity contribution < 1.29 is 0 Å². The lowest BCUT2D eigenvalue weighted by Gasteiger charge is -2.10. The third-order valence-electron chi connectivity index (χ3n) is 1.86. The van der Waals surface area contributed by atoms with Gasteiger partial charge in [0.15, 0.2) is 0 Å². The predicted molar refractivity (Wildman–Crippen MR) is 51.9 cm³/mol. The number of aliphatic imine (C=N–C) groups is 2. The van der Waals surface area contributed by atoms with Crippen molar-refractivity contribution in [1.29, 1.82) is 0 Å². The number of guanidine groups is 1. The average molecular weight is 168 g/mol.